The number of hydrogen-bond acceptors (Lipinski definition) is 10. The molecule has 28 heavy (non-hydrogen) atoms. The summed E-state index contributed by atoms with van der Waals surface area (Å²) >= 11 is 6.37. The molecule has 0 radical (unpaired) electrons. The van der Waals surface area contributed by atoms with E-state index in [9.17, 15) is 27.4 Å². The van der Waals surface area contributed by atoms with Gasteiger partial charge in [-0.05, 0) is 6.92 Å². The summed E-state index contributed by atoms with van der Waals surface area (Å²) in [5.74, 6) is -2.73. The first-order chi connectivity index (χ1) is 12.6. The van der Waals surface area contributed by atoms with Gasteiger partial charge < -0.3 is 20.0 Å². The number of nitrogens with zero attached hydrogens (tertiary/aromatic N) is 3. The van der Waals surface area contributed by atoms with Gasteiger partial charge in [-0.3, -0.25) is 14.4 Å². The van der Waals surface area contributed by atoms with E-state index in [1.165, 1.54) is 19.4 Å². The molecule has 2 rings (SSSR count). The van der Waals surface area contributed by atoms with Crippen molar-refractivity contribution in [1.29, 1.82) is 0 Å². The number of β-lactam (4-membered cyclic amide) rings is 1. The second-order valence-electron chi connectivity index (χ2n) is 5.13. The summed E-state index contributed by atoms with van der Waals surface area (Å²) in [5, 5.41) is 9.77. The third-order valence-corrected chi connectivity index (χ3v) is 5.37. The van der Waals surface area contributed by atoms with Crippen molar-refractivity contribution >= 4 is 61.8 Å². The maximum absolute atomic E-state index is 12.4. The average Bonchev–Trinajstić information content (AvgIpc) is 3.04. The molecule has 2 atom stereocenters. The zero-order valence-corrected chi connectivity index (χ0v) is 19.2. The van der Waals surface area contributed by atoms with Gasteiger partial charge in [0, 0.05) is 5.38 Å². The minimum atomic E-state index is -4.96. The van der Waals surface area contributed by atoms with E-state index in [1.807, 2.05) is 0 Å². The Morgan fingerprint density at radius 1 is 1.50 bits per heavy atom. The molecule has 3 amide bonds. The first-order valence-corrected chi connectivity index (χ1v) is 9.91. The van der Waals surface area contributed by atoms with Gasteiger partial charge in [-0.15, -0.1) is 22.9 Å². The van der Waals surface area contributed by atoms with Crippen molar-refractivity contribution in [2.75, 3.05) is 18.3 Å². The standard InChI is InChI=1S/C12H14ClN5O7S2.Na/c1-5-8(11(21)18(5)27(22,23)24)16-10(20)9(17-25-2)6-4-26-12(14-6)15-7(19)3-13;/h4-5,8H,3H2,1-2H3,(H,16,20)(H,14,15,19)(H,22,23,24);/q;+1/p-1/b17-9-;/t5-,8-;/m1./s1. The number of amides is 3. The van der Waals surface area contributed by atoms with Crippen LogP contribution in [0.1, 0.15) is 12.6 Å². The zero-order chi connectivity index (χ0) is 20.4. The van der Waals surface area contributed by atoms with Gasteiger partial charge in [0.25, 0.3) is 11.8 Å². The van der Waals surface area contributed by atoms with Crippen LogP contribution in [0.15, 0.2) is 10.5 Å². The smallest absolute Gasteiger partial charge is 0.731 e. The summed E-state index contributed by atoms with van der Waals surface area (Å²) in [6.07, 6.45) is 0. The van der Waals surface area contributed by atoms with Crippen molar-refractivity contribution in [3.63, 3.8) is 0 Å². The van der Waals surface area contributed by atoms with Crippen LogP contribution in [-0.2, 0) is 29.5 Å². The Balaban J connectivity index is 0.00000392. The van der Waals surface area contributed by atoms with Crippen molar-refractivity contribution in [2.24, 2.45) is 5.16 Å². The number of carbonyl (C=O) groups excluding carboxylic acids is 3. The molecule has 1 fully saturated rings. The maximum atomic E-state index is 12.4. The van der Waals surface area contributed by atoms with Crippen LogP contribution in [-0.4, -0.2) is 70.8 Å². The molecular formula is C12H13ClN5NaO7S2. The molecule has 1 saturated heterocycles. The Labute approximate surface area is 190 Å². The third kappa shape index (κ3) is 5.40. The summed E-state index contributed by atoms with van der Waals surface area (Å²) < 4.78 is 33.1. The van der Waals surface area contributed by atoms with Crippen LogP contribution in [0, 0.1) is 0 Å². The van der Waals surface area contributed by atoms with Crippen LogP contribution in [0.2, 0.25) is 0 Å². The Hall–Kier alpha value is -1.29. The Kier molecular flexibility index (Phi) is 8.80. The molecule has 0 unspecified atom stereocenters. The number of aromatic nitrogens is 1. The number of halogens is 1. The minimum Gasteiger partial charge on any atom is -0.731 e. The summed E-state index contributed by atoms with van der Waals surface area (Å²) in [7, 11) is -3.78. The molecule has 0 saturated carbocycles. The van der Waals surface area contributed by atoms with Gasteiger partial charge in [-0.25, -0.2) is 17.7 Å². The fourth-order valence-electron chi connectivity index (χ4n) is 2.19. The summed E-state index contributed by atoms with van der Waals surface area (Å²) in [6.45, 7) is 1.29. The average molecular weight is 462 g/mol. The SMILES string of the molecule is CO/N=C(\C(=O)N[C@H]1C(=O)N(S(=O)(=O)[O-])[C@@H]1C)c1csc(NC(=O)CCl)n1.[Na+]. The molecule has 12 nitrogen and oxygen atoms in total. The van der Waals surface area contributed by atoms with Crippen LogP contribution in [0.3, 0.4) is 0 Å². The number of rotatable bonds is 7. The Morgan fingerprint density at radius 2 is 2.14 bits per heavy atom. The van der Waals surface area contributed by atoms with E-state index >= 15 is 0 Å². The van der Waals surface area contributed by atoms with Crippen molar-refractivity contribution in [1.82, 2.24) is 14.6 Å². The molecule has 148 valence electrons. The molecule has 0 aliphatic carbocycles. The van der Waals surface area contributed by atoms with E-state index in [2.05, 4.69) is 25.6 Å². The van der Waals surface area contributed by atoms with Gasteiger partial charge in [-0.1, -0.05) is 5.16 Å². The van der Waals surface area contributed by atoms with E-state index in [1.54, 1.807) is 0 Å². The van der Waals surface area contributed by atoms with Crippen molar-refractivity contribution < 1.29 is 61.7 Å². The normalized spacial score (nSPS) is 19.4. The largest absolute Gasteiger partial charge is 1.00 e. The molecule has 1 aliphatic rings. The first-order valence-electron chi connectivity index (χ1n) is 7.13. The topological polar surface area (TPSA) is 170 Å². The molecule has 2 heterocycles. The molecule has 0 spiro atoms. The summed E-state index contributed by atoms with van der Waals surface area (Å²) in [4.78, 5) is 44.1. The Morgan fingerprint density at radius 3 is 2.64 bits per heavy atom. The maximum Gasteiger partial charge on any atom is 1.00 e. The van der Waals surface area contributed by atoms with Crippen LogP contribution < -0.4 is 40.2 Å². The zero-order valence-electron chi connectivity index (χ0n) is 14.8. The van der Waals surface area contributed by atoms with Crippen LogP contribution in [0.4, 0.5) is 5.13 Å². The van der Waals surface area contributed by atoms with Crippen molar-refractivity contribution in [3.8, 4) is 0 Å². The van der Waals surface area contributed by atoms with Gasteiger partial charge in [-0.2, -0.15) is 0 Å². The van der Waals surface area contributed by atoms with E-state index in [4.69, 9.17) is 11.6 Å². The fraction of sp³-hybridized carbons (Fsp3) is 0.417. The van der Waals surface area contributed by atoms with Crippen LogP contribution in [0.25, 0.3) is 0 Å². The predicted octanol–water partition coefficient (Wildman–Crippen LogP) is -4.15. The number of hydrogen-bond donors (Lipinski definition) is 2. The number of carbonyl (C=O) groups is 3. The van der Waals surface area contributed by atoms with E-state index in [0.29, 0.717) is 0 Å². The molecule has 1 aliphatic heterocycles. The number of nitrogens with one attached hydrogen (secondary N) is 2. The van der Waals surface area contributed by atoms with E-state index in [0.717, 1.165) is 11.3 Å². The van der Waals surface area contributed by atoms with Gasteiger partial charge in [0.2, 0.25) is 5.91 Å². The summed E-state index contributed by atoms with van der Waals surface area (Å²) in [6, 6.07) is -2.28. The van der Waals surface area contributed by atoms with Gasteiger partial charge in [0.1, 0.15) is 24.7 Å². The number of alkyl halides is 1. The molecule has 1 aromatic rings. The minimum absolute atomic E-state index is 0. The second-order valence-corrected chi connectivity index (χ2v) is 7.50. The molecule has 0 bridgehead atoms. The van der Waals surface area contributed by atoms with Crippen molar-refractivity contribution in [3.05, 3.63) is 11.1 Å². The van der Waals surface area contributed by atoms with E-state index in [-0.39, 0.29) is 56.3 Å². The van der Waals surface area contributed by atoms with Gasteiger partial charge >= 0.3 is 29.6 Å². The fourth-order valence-corrected chi connectivity index (χ4v) is 3.83. The van der Waals surface area contributed by atoms with Crippen molar-refractivity contribution in [2.45, 2.75) is 19.0 Å². The van der Waals surface area contributed by atoms with Gasteiger partial charge in [0.05, 0.1) is 6.04 Å². The number of anilines is 1. The van der Waals surface area contributed by atoms with Crippen LogP contribution in [0.5, 0.6) is 0 Å². The van der Waals surface area contributed by atoms with E-state index < -0.39 is 40.1 Å². The molecule has 2 N–H and O–H groups in total. The second kappa shape index (κ2) is 9.96. The molecule has 1 aromatic heterocycles. The number of thiazole rings is 1. The third-order valence-electron chi connectivity index (χ3n) is 3.38. The van der Waals surface area contributed by atoms with Crippen LogP contribution >= 0.6 is 22.9 Å². The Bertz CT molecular complexity index is 906. The number of oxime groups is 1. The first kappa shape index (κ1) is 24.7. The summed E-state index contributed by atoms with van der Waals surface area (Å²) in [5.41, 5.74) is -0.277. The predicted molar refractivity (Wildman–Crippen MR) is 92.9 cm³/mol. The molecular weight excluding hydrogens is 449 g/mol. The molecule has 16 heteroatoms. The van der Waals surface area contributed by atoms with Gasteiger partial charge in [0.15, 0.2) is 21.1 Å². The molecule has 0 aromatic carbocycles. The monoisotopic (exact) mass is 461 g/mol. The quantitative estimate of drug-likeness (QED) is 0.103.